The Balaban J connectivity index is 3.28. The van der Waals surface area contributed by atoms with Crippen molar-refractivity contribution in [3.05, 3.63) is 0 Å². The molecule has 0 saturated carbocycles. The molecule has 0 N–H and O–H groups in total. The van der Waals surface area contributed by atoms with Crippen LogP contribution >= 0.6 is 0 Å². The topological polar surface area (TPSA) is 127 Å². The number of carbonyl (C=O) groups excluding carboxylic acids is 4. The van der Waals surface area contributed by atoms with E-state index in [2.05, 4.69) is 0 Å². The second-order valence-corrected chi connectivity index (χ2v) is 10.3. The molecule has 35 heavy (non-hydrogen) atoms. The minimum Gasteiger partial charge on any atom is -0.458 e. The molecular weight excluding hydrogens is 462 g/mol. The van der Waals surface area contributed by atoms with Crippen molar-refractivity contribution in [2.75, 3.05) is 26.4 Å². The van der Waals surface area contributed by atoms with Crippen LogP contribution in [0.15, 0.2) is 0 Å². The van der Waals surface area contributed by atoms with Crippen LogP contribution in [0.2, 0.25) is 0 Å². The molecule has 0 aromatic heterocycles. The van der Waals surface area contributed by atoms with Gasteiger partial charge in [-0.15, -0.1) is 0 Å². The van der Waals surface area contributed by atoms with Crippen LogP contribution in [-0.4, -0.2) is 91.3 Å². The highest BCUT2D eigenvalue weighted by Gasteiger charge is 2.44. The first kappa shape index (κ1) is 30.8. The second-order valence-electron chi connectivity index (χ2n) is 10.3. The molecule has 1 saturated heterocycles. The highest BCUT2D eigenvalue weighted by molar-refractivity contribution is 5.94. The lowest BCUT2D eigenvalue weighted by molar-refractivity contribution is -0.169. The number of imide groups is 1. The van der Waals surface area contributed by atoms with Gasteiger partial charge in [-0.05, 0) is 54.9 Å². The van der Waals surface area contributed by atoms with Crippen LogP contribution < -0.4 is 0 Å². The van der Waals surface area contributed by atoms with E-state index in [9.17, 15) is 19.2 Å². The fraction of sp³-hybridized carbons (Fsp3) is 0.833. The van der Waals surface area contributed by atoms with E-state index in [1.807, 2.05) is 6.92 Å². The van der Waals surface area contributed by atoms with E-state index in [0.717, 1.165) is 12.8 Å². The maximum atomic E-state index is 13.2. The number of amides is 2. The largest absolute Gasteiger partial charge is 0.458 e. The maximum absolute atomic E-state index is 13.2. The Hall–Kier alpha value is -2.24. The van der Waals surface area contributed by atoms with Gasteiger partial charge in [0.15, 0.2) is 6.04 Å². The van der Waals surface area contributed by atoms with Crippen molar-refractivity contribution >= 4 is 24.4 Å². The zero-order valence-corrected chi connectivity index (χ0v) is 22.2. The number of aldehydes is 1. The van der Waals surface area contributed by atoms with Crippen LogP contribution in [-0.2, 0) is 38.0 Å². The predicted octanol–water partition coefficient (Wildman–Crippen LogP) is 3.26. The van der Waals surface area contributed by atoms with Crippen LogP contribution in [0.25, 0.3) is 0 Å². The number of hydrogen-bond acceptors (Lipinski definition) is 10. The number of carbonyl (C=O) groups is 4. The minimum atomic E-state index is -1.48. The summed E-state index contributed by atoms with van der Waals surface area (Å²) < 4.78 is 33.5. The van der Waals surface area contributed by atoms with Crippen molar-refractivity contribution in [2.45, 2.75) is 104 Å². The fourth-order valence-corrected chi connectivity index (χ4v) is 3.14. The molecule has 1 aliphatic heterocycles. The molecule has 1 fully saturated rings. The molecule has 1 rings (SSSR count). The van der Waals surface area contributed by atoms with Crippen molar-refractivity contribution in [3.63, 3.8) is 0 Å². The van der Waals surface area contributed by atoms with Crippen LogP contribution in [0.3, 0.4) is 0 Å². The third kappa shape index (κ3) is 10.9. The molecule has 0 aromatic rings. The van der Waals surface area contributed by atoms with Crippen molar-refractivity contribution in [3.8, 4) is 0 Å². The van der Waals surface area contributed by atoms with Gasteiger partial charge in [0.05, 0.1) is 13.2 Å². The molecule has 11 heteroatoms. The quantitative estimate of drug-likeness (QED) is 0.211. The Labute approximate surface area is 207 Å². The van der Waals surface area contributed by atoms with Crippen molar-refractivity contribution < 1.29 is 47.6 Å². The van der Waals surface area contributed by atoms with Crippen molar-refractivity contribution in [2.24, 2.45) is 0 Å². The monoisotopic (exact) mass is 503 g/mol. The standard InChI is InChI=1S/C24H41NO10/c1-9-10-12-31-18-15-30-14-17(20(27)33-16(2)19(18)32-13-11-26)25(21(28)34-23(3,4)5)22(29)35-24(6,7)8/h11,16-19H,9-10,12-15H2,1-8H3. The smallest absolute Gasteiger partial charge is 0.420 e. The van der Waals surface area contributed by atoms with Gasteiger partial charge in [-0.3, -0.25) is 0 Å². The summed E-state index contributed by atoms with van der Waals surface area (Å²) in [5.74, 6) is -0.914. The molecule has 0 aromatic carbocycles. The maximum Gasteiger partial charge on any atom is 0.420 e. The Kier molecular flexibility index (Phi) is 12.1. The normalized spacial score (nSPS) is 23.8. The van der Waals surface area contributed by atoms with Crippen molar-refractivity contribution in [1.82, 2.24) is 4.90 Å². The summed E-state index contributed by atoms with van der Waals surface area (Å²) in [5.41, 5.74) is -1.89. The fourth-order valence-electron chi connectivity index (χ4n) is 3.14. The zero-order valence-electron chi connectivity index (χ0n) is 22.2. The SMILES string of the molecule is CCCCOC1COCC(N(C(=O)OC(C)(C)C)C(=O)OC(C)(C)C)C(=O)OC(C)C1OCC=O. The number of esters is 1. The van der Waals surface area contributed by atoms with E-state index in [1.54, 1.807) is 48.5 Å². The molecule has 4 unspecified atom stereocenters. The Morgan fingerprint density at radius 2 is 1.60 bits per heavy atom. The third-order valence-corrected chi connectivity index (χ3v) is 4.64. The predicted molar refractivity (Wildman–Crippen MR) is 125 cm³/mol. The van der Waals surface area contributed by atoms with Crippen LogP contribution in [0.5, 0.6) is 0 Å². The third-order valence-electron chi connectivity index (χ3n) is 4.64. The highest BCUT2D eigenvalue weighted by Crippen LogP contribution is 2.22. The first-order valence-corrected chi connectivity index (χ1v) is 11.9. The van der Waals surface area contributed by atoms with E-state index in [-0.39, 0.29) is 19.8 Å². The number of cyclic esters (lactones) is 1. The summed E-state index contributed by atoms with van der Waals surface area (Å²) in [4.78, 5) is 50.6. The van der Waals surface area contributed by atoms with Gasteiger partial charge in [0.25, 0.3) is 0 Å². The first-order chi connectivity index (χ1) is 16.2. The molecule has 0 bridgehead atoms. The second kappa shape index (κ2) is 13.7. The molecule has 1 heterocycles. The molecule has 0 spiro atoms. The van der Waals surface area contributed by atoms with Crippen LogP contribution in [0.4, 0.5) is 9.59 Å². The number of nitrogens with zero attached hydrogens (tertiary/aromatic N) is 1. The lowest BCUT2D eigenvalue weighted by atomic mass is 10.1. The van der Waals surface area contributed by atoms with Gasteiger partial charge < -0.3 is 33.2 Å². The van der Waals surface area contributed by atoms with Gasteiger partial charge in [-0.1, -0.05) is 13.3 Å². The summed E-state index contributed by atoms with van der Waals surface area (Å²) in [6.07, 6.45) is -2.21. The van der Waals surface area contributed by atoms with E-state index in [4.69, 9.17) is 28.4 Å². The Bertz CT molecular complexity index is 684. The lowest BCUT2D eigenvalue weighted by Crippen LogP contribution is -2.54. The van der Waals surface area contributed by atoms with E-state index >= 15 is 0 Å². The molecule has 2 amide bonds. The molecule has 0 aliphatic carbocycles. The zero-order chi connectivity index (χ0) is 26.8. The van der Waals surface area contributed by atoms with Gasteiger partial charge in [-0.2, -0.15) is 4.90 Å². The molecule has 0 radical (unpaired) electrons. The summed E-state index contributed by atoms with van der Waals surface area (Å²) in [6, 6.07) is -1.48. The molecule has 11 nitrogen and oxygen atoms in total. The molecular formula is C24H41NO10. The minimum absolute atomic E-state index is 0.0266. The van der Waals surface area contributed by atoms with Gasteiger partial charge in [0.1, 0.15) is 42.4 Å². The number of rotatable bonds is 8. The Morgan fingerprint density at radius 3 is 2.09 bits per heavy atom. The lowest BCUT2D eigenvalue weighted by Gasteiger charge is -2.32. The highest BCUT2D eigenvalue weighted by atomic mass is 16.6. The van der Waals surface area contributed by atoms with Gasteiger partial charge in [-0.25, -0.2) is 14.4 Å². The molecule has 202 valence electrons. The summed E-state index contributed by atoms with van der Waals surface area (Å²) in [5, 5.41) is 0. The van der Waals surface area contributed by atoms with Crippen LogP contribution in [0, 0.1) is 0 Å². The summed E-state index contributed by atoms with van der Waals surface area (Å²) in [6.45, 7) is 13.2. The Morgan fingerprint density at radius 1 is 1.03 bits per heavy atom. The summed E-state index contributed by atoms with van der Waals surface area (Å²) >= 11 is 0. The molecule has 1 aliphatic rings. The summed E-state index contributed by atoms with van der Waals surface area (Å²) in [7, 11) is 0. The van der Waals surface area contributed by atoms with Gasteiger partial charge >= 0.3 is 18.2 Å². The number of ether oxygens (including phenoxy) is 6. The average Bonchev–Trinajstić information content (AvgIpc) is 2.74. The van der Waals surface area contributed by atoms with Gasteiger partial charge in [0.2, 0.25) is 0 Å². The van der Waals surface area contributed by atoms with Crippen molar-refractivity contribution in [1.29, 1.82) is 0 Å². The first-order valence-electron chi connectivity index (χ1n) is 11.9. The number of hydrogen-bond donors (Lipinski definition) is 0. The van der Waals surface area contributed by atoms with Gasteiger partial charge in [0, 0.05) is 6.61 Å². The molecule has 4 atom stereocenters. The van der Waals surface area contributed by atoms with E-state index in [1.165, 1.54) is 0 Å². The van der Waals surface area contributed by atoms with E-state index in [0.29, 0.717) is 17.8 Å². The van der Waals surface area contributed by atoms with Crippen LogP contribution in [0.1, 0.15) is 68.2 Å². The number of unbranched alkanes of at least 4 members (excludes halogenated alkanes) is 1. The van der Waals surface area contributed by atoms with E-state index < -0.39 is 53.7 Å². The average molecular weight is 504 g/mol.